The Bertz CT molecular complexity index is 358. The van der Waals surface area contributed by atoms with Gasteiger partial charge in [-0.1, -0.05) is 32.1 Å². The van der Waals surface area contributed by atoms with E-state index < -0.39 is 12.0 Å². The molecule has 2 aliphatic rings. The zero-order chi connectivity index (χ0) is 14.6. The predicted molar refractivity (Wildman–Crippen MR) is 76.5 cm³/mol. The van der Waals surface area contributed by atoms with Crippen molar-refractivity contribution in [1.29, 1.82) is 0 Å². The maximum atomic E-state index is 12.1. The summed E-state index contributed by atoms with van der Waals surface area (Å²) >= 11 is 0. The highest BCUT2D eigenvalue weighted by Gasteiger charge is 2.34. The Balaban J connectivity index is 1.90. The van der Waals surface area contributed by atoms with Crippen molar-refractivity contribution in [1.82, 2.24) is 10.6 Å². The summed E-state index contributed by atoms with van der Waals surface area (Å²) < 4.78 is 0. The number of nitrogens with one attached hydrogen (secondary N) is 2. The third-order valence-electron chi connectivity index (χ3n) is 4.80. The first kappa shape index (κ1) is 15.1. The fourth-order valence-electron chi connectivity index (χ4n) is 3.58. The molecule has 0 aliphatic heterocycles. The lowest BCUT2D eigenvalue weighted by Crippen LogP contribution is -2.55. The van der Waals surface area contributed by atoms with E-state index in [1.165, 1.54) is 6.42 Å². The Morgan fingerprint density at radius 2 is 1.70 bits per heavy atom. The molecule has 2 aliphatic carbocycles. The second-order valence-electron chi connectivity index (χ2n) is 6.58. The van der Waals surface area contributed by atoms with Crippen LogP contribution in [0.1, 0.15) is 64.7 Å². The van der Waals surface area contributed by atoms with Crippen LogP contribution < -0.4 is 10.6 Å². The molecule has 0 aromatic heterocycles. The van der Waals surface area contributed by atoms with Gasteiger partial charge in [0.2, 0.25) is 0 Å². The van der Waals surface area contributed by atoms with Gasteiger partial charge in [0.25, 0.3) is 0 Å². The first-order valence-corrected chi connectivity index (χ1v) is 7.82. The number of carbonyl (C=O) groups excluding carboxylic acids is 1. The molecule has 1 unspecified atom stereocenters. The number of urea groups is 1. The highest BCUT2D eigenvalue weighted by atomic mass is 16.4. The molecule has 0 bridgehead atoms. The monoisotopic (exact) mass is 282 g/mol. The molecule has 0 spiro atoms. The molecule has 2 saturated carbocycles. The molecule has 0 radical (unpaired) electrons. The highest BCUT2D eigenvalue weighted by Crippen LogP contribution is 2.29. The van der Waals surface area contributed by atoms with Gasteiger partial charge in [0, 0.05) is 5.54 Å². The van der Waals surface area contributed by atoms with Crippen molar-refractivity contribution in [2.24, 2.45) is 5.92 Å². The second kappa shape index (κ2) is 6.46. The predicted octanol–water partition coefficient (Wildman–Crippen LogP) is 2.65. The number of carboxylic acids is 1. The van der Waals surface area contributed by atoms with E-state index >= 15 is 0 Å². The van der Waals surface area contributed by atoms with Crippen molar-refractivity contribution in [3.05, 3.63) is 0 Å². The summed E-state index contributed by atoms with van der Waals surface area (Å²) in [4.78, 5) is 23.5. The van der Waals surface area contributed by atoms with Crippen LogP contribution in [0.5, 0.6) is 0 Å². The first-order chi connectivity index (χ1) is 9.50. The minimum atomic E-state index is -0.913. The van der Waals surface area contributed by atoms with E-state index in [9.17, 15) is 14.7 Å². The summed E-state index contributed by atoms with van der Waals surface area (Å²) in [5, 5.41) is 15.0. The molecule has 2 amide bonds. The topological polar surface area (TPSA) is 78.4 Å². The molecule has 5 nitrogen and oxygen atoms in total. The lowest BCUT2D eigenvalue weighted by Gasteiger charge is -2.30. The Labute approximate surface area is 120 Å². The van der Waals surface area contributed by atoms with Gasteiger partial charge < -0.3 is 15.7 Å². The largest absolute Gasteiger partial charge is 0.480 e. The number of aliphatic carboxylic acids is 1. The van der Waals surface area contributed by atoms with Gasteiger partial charge in [0.15, 0.2) is 0 Å². The smallest absolute Gasteiger partial charge is 0.326 e. The van der Waals surface area contributed by atoms with Gasteiger partial charge in [-0.3, -0.25) is 0 Å². The zero-order valence-corrected chi connectivity index (χ0v) is 12.3. The van der Waals surface area contributed by atoms with E-state index in [-0.39, 0.29) is 17.5 Å². The fraction of sp³-hybridized carbons (Fsp3) is 0.867. The van der Waals surface area contributed by atoms with E-state index in [0.29, 0.717) is 0 Å². The molecular weight excluding hydrogens is 256 g/mol. The normalized spacial score (nSPS) is 24.1. The van der Waals surface area contributed by atoms with Gasteiger partial charge in [-0.05, 0) is 38.5 Å². The standard InChI is InChI=1S/C15H26N2O3/c1-15(9-5-6-10-15)17-14(20)16-12(13(18)19)11-7-3-2-4-8-11/h11-12H,2-10H2,1H3,(H,18,19)(H2,16,17,20). The molecular formula is C15H26N2O3. The van der Waals surface area contributed by atoms with Gasteiger partial charge in [0.1, 0.15) is 6.04 Å². The summed E-state index contributed by atoms with van der Waals surface area (Å²) in [6.07, 6.45) is 9.30. The maximum absolute atomic E-state index is 12.1. The van der Waals surface area contributed by atoms with Crippen molar-refractivity contribution in [2.45, 2.75) is 76.3 Å². The Morgan fingerprint density at radius 1 is 1.10 bits per heavy atom. The molecule has 0 heterocycles. The molecule has 2 fully saturated rings. The third kappa shape index (κ3) is 3.87. The van der Waals surface area contributed by atoms with Gasteiger partial charge >= 0.3 is 12.0 Å². The SMILES string of the molecule is CC1(NC(=O)NC(C(=O)O)C2CCCCC2)CCCC1. The quantitative estimate of drug-likeness (QED) is 0.741. The molecule has 0 aromatic carbocycles. The number of rotatable bonds is 4. The molecule has 0 aromatic rings. The van der Waals surface area contributed by atoms with Crippen LogP contribution in [-0.2, 0) is 4.79 Å². The van der Waals surface area contributed by atoms with Crippen LogP contribution in [0.3, 0.4) is 0 Å². The first-order valence-electron chi connectivity index (χ1n) is 7.82. The Kier molecular flexibility index (Phi) is 4.89. The van der Waals surface area contributed by atoms with Crippen molar-refractivity contribution in [2.75, 3.05) is 0 Å². The summed E-state index contributed by atoms with van der Waals surface area (Å²) in [7, 11) is 0. The lowest BCUT2D eigenvalue weighted by molar-refractivity contribution is -0.141. The van der Waals surface area contributed by atoms with Gasteiger partial charge in [-0.25, -0.2) is 9.59 Å². The van der Waals surface area contributed by atoms with Crippen molar-refractivity contribution in [3.63, 3.8) is 0 Å². The molecule has 1 atom stereocenters. The van der Waals surface area contributed by atoms with E-state index in [1.54, 1.807) is 0 Å². The number of carboxylic acid groups (broad SMARTS) is 1. The minimum Gasteiger partial charge on any atom is -0.480 e. The molecule has 5 heteroatoms. The van der Waals surface area contributed by atoms with Crippen LogP contribution in [0.25, 0.3) is 0 Å². The van der Waals surface area contributed by atoms with Gasteiger partial charge in [-0.15, -0.1) is 0 Å². The number of hydrogen-bond donors (Lipinski definition) is 3. The van der Waals surface area contributed by atoms with E-state index in [4.69, 9.17) is 0 Å². The van der Waals surface area contributed by atoms with E-state index in [0.717, 1.165) is 51.4 Å². The van der Waals surface area contributed by atoms with Crippen LogP contribution in [-0.4, -0.2) is 28.7 Å². The minimum absolute atomic E-state index is 0.0726. The molecule has 3 N–H and O–H groups in total. The molecule has 0 saturated heterocycles. The third-order valence-corrected chi connectivity index (χ3v) is 4.80. The summed E-state index contributed by atoms with van der Waals surface area (Å²) in [6.45, 7) is 2.04. The van der Waals surface area contributed by atoms with E-state index in [2.05, 4.69) is 10.6 Å². The van der Waals surface area contributed by atoms with Crippen LogP contribution in [0.15, 0.2) is 0 Å². The van der Waals surface area contributed by atoms with Crippen LogP contribution in [0.2, 0.25) is 0 Å². The Morgan fingerprint density at radius 3 is 2.25 bits per heavy atom. The average molecular weight is 282 g/mol. The average Bonchev–Trinajstić information content (AvgIpc) is 2.83. The number of carbonyl (C=O) groups is 2. The lowest BCUT2D eigenvalue weighted by atomic mass is 9.84. The molecule has 20 heavy (non-hydrogen) atoms. The maximum Gasteiger partial charge on any atom is 0.326 e. The van der Waals surface area contributed by atoms with Gasteiger partial charge in [0.05, 0.1) is 0 Å². The summed E-state index contributed by atoms with van der Waals surface area (Å²) in [5.41, 5.74) is -0.167. The van der Waals surface area contributed by atoms with Crippen molar-refractivity contribution >= 4 is 12.0 Å². The Hall–Kier alpha value is -1.26. The van der Waals surface area contributed by atoms with Crippen molar-refractivity contribution < 1.29 is 14.7 Å². The van der Waals surface area contributed by atoms with Gasteiger partial charge in [-0.2, -0.15) is 0 Å². The summed E-state index contributed by atoms with van der Waals surface area (Å²) in [6, 6.07) is -1.08. The second-order valence-corrected chi connectivity index (χ2v) is 6.58. The molecule has 2 rings (SSSR count). The number of amides is 2. The summed E-state index contributed by atoms with van der Waals surface area (Å²) in [5.74, 6) is -0.841. The van der Waals surface area contributed by atoms with Crippen LogP contribution >= 0.6 is 0 Å². The molecule has 114 valence electrons. The number of hydrogen-bond acceptors (Lipinski definition) is 2. The van der Waals surface area contributed by atoms with Crippen molar-refractivity contribution in [3.8, 4) is 0 Å². The zero-order valence-electron chi connectivity index (χ0n) is 12.3. The van der Waals surface area contributed by atoms with Crippen LogP contribution in [0.4, 0.5) is 4.79 Å². The van der Waals surface area contributed by atoms with Crippen LogP contribution in [0, 0.1) is 5.92 Å². The fourth-order valence-corrected chi connectivity index (χ4v) is 3.58. The highest BCUT2D eigenvalue weighted by molar-refractivity contribution is 5.83. The van der Waals surface area contributed by atoms with E-state index in [1.807, 2.05) is 6.92 Å².